The second-order valence-electron chi connectivity index (χ2n) is 3.07. The molecule has 0 bridgehead atoms. The van der Waals surface area contributed by atoms with Gasteiger partial charge in [-0.25, -0.2) is 4.79 Å². The molecule has 0 saturated carbocycles. The minimum Gasteiger partial charge on any atom is -0.481 e. The van der Waals surface area contributed by atoms with Gasteiger partial charge in [0.2, 0.25) is 0 Å². The third-order valence-electron chi connectivity index (χ3n) is 1.69. The highest BCUT2D eigenvalue weighted by atomic mass is 16.4. The van der Waals surface area contributed by atoms with Gasteiger partial charge in [-0.05, 0) is 5.56 Å². The van der Waals surface area contributed by atoms with Gasteiger partial charge in [-0.15, -0.1) is 0 Å². The summed E-state index contributed by atoms with van der Waals surface area (Å²) in [5, 5.41) is 24.1. The zero-order valence-corrected chi connectivity index (χ0v) is 9.11. The molecule has 0 aliphatic rings. The third-order valence-corrected chi connectivity index (χ3v) is 1.69. The Bertz CT molecular complexity index is 372. The lowest BCUT2D eigenvalue weighted by Crippen LogP contribution is -2.22. The van der Waals surface area contributed by atoms with Gasteiger partial charge in [-0.2, -0.15) is 0 Å². The monoisotopic (exact) mass is 238 g/mol. The van der Waals surface area contributed by atoms with Crippen LogP contribution >= 0.6 is 0 Å². The van der Waals surface area contributed by atoms with Crippen LogP contribution in [-0.4, -0.2) is 33.4 Å². The Morgan fingerprint density at radius 3 is 2.00 bits per heavy atom. The number of aliphatic hydroxyl groups excluding tert-OH is 1. The van der Waals surface area contributed by atoms with Gasteiger partial charge in [0.25, 0.3) is 0 Å². The van der Waals surface area contributed by atoms with Crippen LogP contribution in [0.15, 0.2) is 36.9 Å². The molecule has 5 nitrogen and oxygen atoms in total. The molecule has 1 unspecified atom stereocenters. The van der Waals surface area contributed by atoms with Crippen LogP contribution in [0.25, 0.3) is 6.08 Å². The van der Waals surface area contributed by atoms with E-state index in [9.17, 15) is 9.59 Å². The molecule has 1 aromatic rings. The molecule has 0 amide bonds. The standard InChI is InChI=1S/C8H8.C4H6O5/c1-2-8-6-4-3-5-7-8;5-2(4(8)9)1-3(6)7/h2-7H,1H2;2,5H,1H2,(H,6,7)(H,8,9). The number of hydrogen-bond donors (Lipinski definition) is 3. The first-order chi connectivity index (χ1) is 7.97. The van der Waals surface area contributed by atoms with Crippen molar-refractivity contribution in [2.45, 2.75) is 12.5 Å². The molecule has 0 spiro atoms. The van der Waals surface area contributed by atoms with E-state index in [1.807, 2.05) is 36.4 Å². The number of benzene rings is 1. The highest BCUT2D eigenvalue weighted by Crippen LogP contribution is 1.97. The first kappa shape index (κ1) is 14.9. The summed E-state index contributed by atoms with van der Waals surface area (Å²) in [6.45, 7) is 3.63. The Kier molecular flexibility index (Phi) is 7.05. The Hall–Kier alpha value is -2.14. The molecule has 0 aromatic heterocycles. The number of rotatable bonds is 4. The molecule has 3 N–H and O–H groups in total. The quantitative estimate of drug-likeness (QED) is 0.733. The van der Waals surface area contributed by atoms with Crippen molar-refractivity contribution in [1.82, 2.24) is 0 Å². The molecule has 0 fully saturated rings. The molecule has 0 radical (unpaired) electrons. The van der Waals surface area contributed by atoms with Gasteiger partial charge in [-0.3, -0.25) is 4.79 Å². The van der Waals surface area contributed by atoms with Crippen molar-refractivity contribution in [2.75, 3.05) is 0 Å². The second-order valence-corrected chi connectivity index (χ2v) is 3.07. The number of carbonyl (C=O) groups is 2. The van der Waals surface area contributed by atoms with E-state index in [0.717, 1.165) is 0 Å². The van der Waals surface area contributed by atoms with Crippen molar-refractivity contribution >= 4 is 18.0 Å². The summed E-state index contributed by atoms with van der Waals surface area (Å²) in [5.74, 6) is -2.85. The van der Waals surface area contributed by atoms with E-state index in [4.69, 9.17) is 15.3 Å². The predicted octanol–water partition coefficient (Wildman–Crippen LogP) is 1.24. The molecule has 17 heavy (non-hydrogen) atoms. The lowest BCUT2D eigenvalue weighted by Gasteiger charge is -1.97. The molecule has 1 aromatic carbocycles. The topological polar surface area (TPSA) is 94.8 Å². The Morgan fingerprint density at radius 1 is 1.24 bits per heavy atom. The molecule has 5 heteroatoms. The summed E-state index contributed by atoms with van der Waals surface area (Å²) in [6, 6.07) is 10.0. The number of aliphatic hydroxyl groups is 1. The first-order valence-electron chi connectivity index (χ1n) is 4.77. The van der Waals surface area contributed by atoms with E-state index in [0.29, 0.717) is 0 Å². The van der Waals surface area contributed by atoms with Crippen LogP contribution in [0.3, 0.4) is 0 Å². The van der Waals surface area contributed by atoms with Gasteiger partial charge >= 0.3 is 11.9 Å². The van der Waals surface area contributed by atoms with E-state index in [1.165, 1.54) is 5.56 Å². The summed E-state index contributed by atoms with van der Waals surface area (Å²) in [4.78, 5) is 19.4. The second kappa shape index (κ2) is 8.06. The number of carboxylic acids is 2. The molecule has 1 atom stereocenters. The highest BCUT2D eigenvalue weighted by Gasteiger charge is 2.16. The smallest absolute Gasteiger partial charge is 0.333 e. The maximum atomic E-state index is 9.72. The molecule has 0 aliphatic carbocycles. The molecular formula is C12H14O5. The van der Waals surface area contributed by atoms with E-state index in [2.05, 4.69) is 6.58 Å². The van der Waals surface area contributed by atoms with Crippen LogP contribution in [-0.2, 0) is 9.59 Å². The highest BCUT2D eigenvalue weighted by molar-refractivity contribution is 5.79. The van der Waals surface area contributed by atoms with E-state index >= 15 is 0 Å². The maximum Gasteiger partial charge on any atom is 0.333 e. The first-order valence-corrected chi connectivity index (χ1v) is 4.77. The fourth-order valence-corrected chi connectivity index (χ4v) is 0.842. The molecule has 1 rings (SSSR count). The fourth-order valence-electron chi connectivity index (χ4n) is 0.842. The molecule has 92 valence electrons. The zero-order chi connectivity index (χ0) is 13.3. The van der Waals surface area contributed by atoms with E-state index in [1.54, 1.807) is 0 Å². The van der Waals surface area contributed by atoms with Crippen molar-refractivity contribution in [2.24, 2.45) is 0 Å². The predicted molar refractivity (Wildman–Crippen MR) is 62.4 cm³/mol. The van der Waals surface area contributed by atoms with Crippen LogP contribution < -0.4 is 0 Å². The van der Waals surface area contributed by atoms with Crippen molar-refractivity contribution in [1.29, 1.82) is 0 Å². The minimum absolute atomic E-state index is 0.755. The molecular weight excluding hydrogens is 224 g/mol. The van der Waals surface area contributed by atoms with E-state index < -0.39 is 24.5 Å². The third kappa shape index (κ3) is 7.75. The van der Waals surface area contributed by atoms with Crippen LogP contribution in [0.5, 0.6) is 0 Å². The van der Waals surface area contributed by atoms with Gasteiger partial charge in [-0.1, -0.05) is 43.0 Å². The summed E-state index contributed by atoms with van der Waals surface area (Å²) < 4.78 is 0. The summed E-state index contributed by atoms with van der Waals surface area (Å²) in [7, 11) is 0. The average Bonchev–Trinajstić information content (AvgIpc) is 2.30. The fraction of sp³-hybridized carbons (Fsp3) is 0.167. The number of hydrogen-bond acceptors (Lipinski definition) is 3. The minimum atomic E-state index is -1.79. The molecule has 0 saturated heterocycles. The Balaban J connectivity index is 0.000000302. The van der Waals surface area contributed by atoms with Crippen LogP contribution in [0.2, 0.25) is 0 Å². The van der Waals surface area contributed by atoms with Gasteiger partial charge in [0.15, 0.2) is 6.10 Å². The van der Waals surface area contributed by atoms with Crippen molar-refractivity contribution in [3.05, 3.63) is 42.5 Å². The average molecular weight is 238 g/mol. The lowest BCUT2D eigenvalue weighted by molar-refractivity contribution is -0.152. The van der Waals surface area contributed by atoms with Crippen molar-refractivity contribution in [3.63, 3.8) is 0 Å². The van der Waals surface area contributed by atoms with Gasteiger partial charge in [0.1, 0.15) is 0 Å². The largest absolute Gasteiger partial charge is 0.481 e. The van der Waals surface area contributed by atoms with Gasteiger partial charge in [0.05, 0.1) is 6.42 Å². The van der Waals surface area contributed by atoms with Crippen LogP contribution in [0.1, 0.15) is 12.0 Å². The zero-order valence-electron chi connectivity index (χ0n) is 9.11. The van der Waals surface area contributed by atoms with Crippen LogP contribution in [0.4, 0.5) is 0 Å². The Morgan fingerprint density at radius 2 is 1.76 bits per heavy atom. The van der Waals surface area contributed by atoms with Crippen molar-refractivity contribution < 1.29 is 24.9 Å². The van der Waals surface area contributed by atoms with Gasteiger partial charge in [0, 0.05) is 0 Å². The Labute approximate surface area is 98.6 Å². The lowest BCUT2D eigenvalue weighted by atomic mass is 10.2. The summed E-state index contributed by atoms with van der Waals surface area (Å²) in [5.41, 5.74) is 1.17. The number of carboxylic acid groups (broad SMARTS) is 2. The van der Waals surface area contributed by atoms with Crippen molar-refractivity contribution in [3.8, 4) is 0 Å². The summed E-state index contributed by atoms with van der Waals surface area (Å²) in [6.07, 6.45) is -0.711. The summed E-state index contributed by atoms with van der Waals surface area (Å²) >= 11 is 0. The molecule has 0 heterocycles. The number of aliphatic carboxylic acids is 2. The normalized spacial score (nSPS) is 10.6. The van der Waals surface area contributed by atoms with Gasteiger partial charge < -0.3 is 15.3 Å². The maximum absolute atomic E-state index is 9.72. The van der Waals surface area contributed by atoms with Crippen LogP contribution in [0, 0.1) is 0 Å². The SMILES string of the molecule is C=Cc1ccccc1.O=C(O)CC(O)C(=O)O. The van der Waals surface area contributed by atoms with E-state index in [-0.39, 0.29) is 0 Å². The molecule has 0 aliphatic heterocycles.